The zero-order valence-electron chi connectivity index (χ0n) is 16.8. The van der Waals surface area contributed by atoms with Crippen LogP contribution in [0.1, 0.15) is 111 Å². The lowest BCUT2D eigenvalue weighted by Gasteiger charge is -2.23. The molecule has 1 saturated heterocycles. The van der Waals surface area contributed by atoms with Gasteiger partial charge in [-0.2, -0.15) is 0 Å². The van der Waals surface area contributed by atoms with Gasteiger partial charge in [-0.3, -0.25) is 4.79 Å². The van der Waals surface area contributed by atoms with E-state index in [0.717, 1.165) is 31.8 Å². The smallest absolute Gasteiger partial charge is 0.225 e. The summed E-state index contributed by atoms with van der Waals surface area (Å²) in [5, 5.41) is 0. The highest BCUT2D eigenvalue weighted by atomic mass is 16.2. The van der Waals surface area contributed by atoms with E-state index >= 15 is 0 Å². The maximum absolute atomic E-state index is 12.8. The molecular formula is C22H43NO. The number of likely N-dealkylation sites (tertiary alicyclic amines) is 1. The number of unbranched alkanes of at least 4 members (excludes halogenated alkanes) is 4. The highest BCUT2D eigenvalue weighted by Gasteiger charge is 2.25. The van der Waals surface area contributed by atoms with Crippen molar-refractivity contribution < 1.29 is 4.79 Å². The highest BCUT2D eigenvalue weighted by molar-refractivity contribution is 5.79. The van der Waals surface area contributed by atoms with Gasteiger partial charge in [-0.25, -0.2) is 0 Å². The zero-order chi connectivity index (χ0) is 17.6. The summed E-state index contributed by atoms with van der Waals surface area (Å²) in [6.45, 7) is 8.90. The van der Waals surface area contributed by atoms with Gasteiger partial charge in [0, 0.05) is 19.0 Å². The second-order valence-corrected chi connectivity index (χ2v) is 7.93. The lowest BCUT2D eigenvalue weighted by Crippen LogP contribution is -2.33. The van der Waals surface area contributed by atoms with E-state index in [-0.39, 0.29) is 0 Å². The largest absolute Gasteiger partial charge is 0.342 e. The van der Waals surface area contributed by atoms with E-state index in [1.807, 2.05) is 0 Å². The van der Waals surface area contributed by atoms with Gasteiger partial charge in [-0.15, -0.1) is 0 Å². The van der Waals surface area contributed by atoms with E-state index in [1.165, 1.54) is 77.0 Å². The molecule has 0 aliphatic carbocycles. The van der Waals surface area contributed by atoms with E-state index in [9.17, 15) is 4.79 Å². The number of nitrogens with zero attached hydrogens (tertiary/aromatic N) is 1. The molecule has 2 heteroatoms. The maximum atomic E-state index is 12.8. The van der Waals surface area contributed by atoms with Crippen molar-refractivity contribution in [2.75, 3.05) is 13.1 Å². The fourth-order valence-corrected chi connectivity index (χ4v) is 4.10. The first kappa shape index (κ1) is 21.5. The predicted molar refractivity (Wildman–Crippen MR) is 105 cm³/mol. The average molecular weight is 338 g/mol. The summed E-state index contributed by atoms with van der Waals surface area (Å²) in [7, 11) is 0. The summed E-state index contributed by atoms with van der Waals surface area (Å²) in [6.07, 6.45) is 17.8. The molecule has 2 nitrogen and oxygen atoms in total. The Morgan fingerprint density at radius 3 is 1.92 bits per heavy atom. The molecule has 0 N–H and O–H groups in total. The molecule has 0 aromatic carbocycles. The number of rotatable bonds is 14. The maximum Gasteiger partial charge on any atom is 0.225 e. The van der Waals surface area contributed by atoms with Gasteiger partial charge < -0.3 is 4.90 Å². The normalized spacial score (nSPS) is 17.2. The molecule has 1 rings (SSSR count). The molecular weight excluding hydrogens is 294 g/mol. The molecule has 142 valence electrons. The summed E-state index contributed by atoms with van der Waals surface area (Å²) in [6, 6.07) is 0. The topological polar surface area (TPSA) is 20.3 Å². The van der Waals surface area contributed by atoms with Gasteiger partial charge in [0.25, 0.3) is 0 Å². The average Bonchev–Trinajstić information content (AvgIpc) is 3.13. The summed E-state index contributed by atoms with van der Waals surface area (Å²) in [5.74, 6) is 1.70. The number of carbonyl (C=O) groups is 1. The van der Waals surface area contributed by atoms with Crippen LogP contribution in [0.4, 0.5) is 0 Å². The molecule has 24 heavy (non-hydrogen) atoms. The van der Waals surface area contributed by atoms with Crippen molar-refractivity contribution >= 4 is 5.91 Å². The van der Waals surface area contributed by atoms with Crippen LogP contribution in [0.5, 0.6) is 0 Å². The van der Waals surface area contributed by atoms with Crippen molar-refractivity contribution in [1.82, 2.24) is 4.90 Å². The highest BCUT2D eigenvalue weighted by Crippen LogP contribution is 2.25. The minimum Gasteiger partial charge on any atom is -0.342 e. The number of hydrogen-bond donors (Lipinski definition) is 0. The van der Waals surface area contributed by atoms with Gasteiger partial charge in [0.15, 0.2) is 0 Å². The lowest BCUT2D eigenvalue weighted by atomic mass is 9.90. The predicted octanol–water partition coefficient (Wildman–Crippen LogP) is 6.58. The number of hydrogen-bond acceptors (Lipinski definition) is 1. The van der Waals surface area contributed by atoms with Crippen molar-refractivity contribution in [3.05, 3.63) is 0 Å². The van der Waals surface area contributed by atoms with Crippen LogP contribution in [0, 0.1) is 11.8 Å². The second kappa shape index (κ2) is 13.7. The molecule has 0 radical (unpaired) electrons. The molecule has 0 aromatic rings. The molecule has 1 aliphatic rings. The molecule has 0 aromatic heterocycles. The minimum atomic E-state index is 0.311. The molecule has 0 unspecified atom stereocenters. The third kappa shape index (κ3) is 8.53. The molecule has 0 bridgehead atoms. The zero-order valence-corrected chi connectivity index (χ0v) is 16.8. The van der Waals surface area contributed by atoms with Gasteiger partial charge in [0.05, 0.1) is 0 Å². The van der Waals surface area contributed by atoms with E-state index in [2.05, 4.69) is 25.7 Å². The van der Waals surface area contributed by atoms with Crippen LogP contribution in [0.2, 0.25) is 0 Å². The third-order valence-electron chi connectivity index (χ3n) is 5.88. The SMILES string of the molecule is CCCCC[C@H](CCCC[C@@H](CC)CCCC)C(=O)N1CCCC1. The molecule has 1 aliphatic heterocycles. The molecule has 2 atom stereocenters. The second-order valence-electron chi connectivity index (χ2n) is 7.93. The summed E-state index contributed by atoms with van der Waals surface area (Å²) < 4.78 is 0. The van der Waals surface area contributed by atoms with Crippen molar-refractivity contribution in [3.8, 4) is 0 Å². The standard InChI is InChI=1S/C22H43NO/c1-4-7-9-16-21(22(24)23-18-12-13-19-23)17-11-10-15-20(6-3)14-8-5-2/h20-21H,4-19H2,1-3H3/t20-,21+/m0/s1. The van der Waals surface area contributed by atoms with E-state index in [4.69, 9.17) is 0 Å². The minimum absolute atomic E-state index is 0.311. The third-order valence-corrected chi connectivity index (χ3v) is 5.88. The van der Waals surface area contributed by atoms with Crippen LogP contribution >= 0.6 is 0 Å². The van der Waals surface area contributed by atoms with E-state index in [1.54, 1.807) is 0 Å². The van der Waals surface area contributed by atoms with Crippen molar-refractivity contribution in [2.24, 2.45) is 11.8 Å². The van der Waals surface area contributed by atoms with Crippen LogP contribution in [0.15, 0.2) is 0 Å². The van der Waals surface area contributed by atoms with Gasteiger partial charge >= 0.3 is 0 Å². The van der Waals surface area contributed by atoms with Crippen molar-refractivity contribution in [2.45, 2.75) is 111 Å². The molecule has 1 fully saturated rings. The Bertz CT molecular complexity index is 309. The first-order valence-electron chi connectivity index (χ1n) is 11.0. The van der Waals surface area contributed by atoms with Crippen LogP contribution in [-0.2, 0) is 4.79 Å². The van der Waals surface area contributed by atoms with Gasteiger partial charge in [-0.1, -0.05) is 85.0 Å². The Morgan fingerprint density at radius 1 is 0.792 bits per heavy atom. The Balaban J connectivity index is 2.33. The van der Waals surface area contributed by atoms with Crippen molar-refractivity contribution in [3.63, 3.8) is 0 Å². The van der Waals surface area contributed by atoms with Gasteiger partial charge in [0.1, 0.15) is 0 Å². The first-order chi connectivity index (χ1) is 11.7. The van der Waals surface area contributed by atoms with Gasteiger partial charge in [-0.05, 0) is 31.6 Å². The van der Waals surface area contributed by atoms with Crippen LogP contribution in [0.3, 0.4) is 0 Å². The van der Waals surface area contributed by atoms with E-state index < -0.39 is 0 Å². The fraction of sp³-hybridized carbons (Fsp3) is 0.955. The van der Waals surface area contributed by atoms with Crippen LogP contribution in [-0.4, -0.2) is 23.9 Å². The molecule has 0 spiro atoms. The number of carbonyl (C=O) groups excluding carboxylic acids is 1. The molecule has 1 amide bonds. The number of amides is 1. The van der Waals surface area contributed by atoms with Crippen molar-refractivity contribution in [1.29, 1.82) is 0 Å². The van der Waals surface area contributed by atoms with Gasteiger partial charge in [0.2, 0.25) is 5.91 Å². The monoisotopic (exact) mass is 337 g/mol. The van der Waals surface area contributed by atoms with Crippen LogP contribution in [0.25, 0.3) is 0 Å². The van der Waals surface area contributed by atoms with E-state index in [0.29, 0.717) is 11.8 Å². The first-order valence-corrected chi connectivity index (χ1v) is 11.0. The Morgan fingerprint density at radius 2 is 1.33 bits per heavy atom. The lowest BCUT2D eigenvalue weighted by molar-refractivity contribution is -0.135. The Hall–Kier alpha value is -0.530. The molecule has 1 heterocycles. The Kier molecular flexibility index (Phi) is 12.3. The van der Waals surface area contributed by atoms with Crippen LogP contribution < -0.4 is 0 Å². The summed E-state index contributed by atoms with van der Waals surface area (Å²) in [4.78, 5) is 14.9. The summed E-state index contributed by atoms with van der Waals surface area (Å²) >= 11 is 0. The quantitative estimate of drug-likeness (QED) is 0.328. The fourth-order valence-electron chi connectivity index (χ4n) is 4.10. The molecule has 0 saturated carbocycles. The summed E-state index contributed by atoms with van der Waals surface area (Å²) in [5.41, 5.74) is 0. The Labute approximate surface area is 151 Å².